The molecule has 1 aromatic heterocycles. The van der Waals surface area contributed by atoms with Gasteiger partial charge >= 0.3 is 0 Å². The van der Waals surface area contributed by atoms with Gasteiger partial charge in [-0.2, -0.15) is 4.98 Å². The lowest BCUT2D eigenvalue weighted by atomic mass is 9.80. The molecule has 1 saturated carbocycles. The molecule has 0 bridgehead atoms. The molecular weight excluding hydrogens is 350 g/mol. The Hall–Kier alpha value is -1.73. The molecule has 2 aromatic rings. The van der Waals surface area contributed by atoms with E-state index in [1.54, 1.807) is 4.31 Å². The fourth-order valence-electron chi connectivity index (χ4n) is 4.37. The van der Waals surface area contributed by atoms with Gasteiger partial charge < -0.3 is 4.52 Å². The van der Waals surface area contributed by atoms with Crippen molar-refractivity contribution in [3.63, 3.8) is 0 Å². The van der Waals surface area contributed by atoms with Crippen LogP contribution in [0.4, 0.5) is 0 Å². The van der Waals surface area contributed by atoms with Gasteiger partial charge in [-0.1, -0.05) is 55.8 Å². The second kappa shape index (κ2) is 6.46. The van der Waals surface area contributed by atoms with Crippen molar-refractivity contribution in [1.29, 1.82) is 0 Å². The van der Waals surface area contributed by atoms with Gasteiger partial charge in [0, 0.05) is 19.0 Å². The van der Waals surface area contributed by atoms with Crippen LogP contribution in [0.15, 0.2) is 34.9 Å². The highest BCUT2D eigenvalue weighted by Gasteiger charge is 2.55. The summed E-state index contributed by atoms with van der Waals surface area (Å²) in [5, 5.41) is 4.25. The summed E-state index contributed by atoms with van der Waals surface area (Å²) in [7, 11) is -3.36. The number of rotatable bonds is 5. The standard InChI is InChI=1S/C19H25N3O3S/c1-14(2)17-20-18(21-25-17)19-10-6-9-16(19)11-22(13-19)26(23,24)12-15-7-4-3-5-8-15/h3-5,7-8,14,16H,6,9-13H2,1-2H3/t16-,19-/m1/s1. The number of hydrogen-bond acceptors (Lipinski definition) is 5. The zero-order valence-electron chi connectivity index (χ0n) is 15.3. The van der Waals surface area contributed by atoms with Crippen molar-refractivity contribution in [3.8, 4) is 0 Å². The monoisotopic (exact) mass is 375 g/mol. The summed E-state index contributed by atoms with van der Waals surface area (Å²) < 4.78 is 33.0. The molecule has 2 heterocycles. The van der Waals surface area contributed by atoms with Crippen LogP contribution in [0.5, 0.6) is 0 Å². The first-order valence-electron chi connectivity index (χ1n) is 9.26. The van der Waals surface area contributed by atoms with E-state index in [2.05, 4.69) is 10.1 Å². The predicted octanol–water partition coefficient (Wildman–Crippen LogP) is 3.08. The highest BCUT2D eigenvalue weighted by atomic mass is 32.2. The summed E-state index contributed by atoms with van der Waals surface area (Å²) in [4.78, 5) is 4.63. The fourth-order valence-corrected chi connectivity index (χ4v) is 6.00. The quantitative estimate of drug-likeness (QED) is 0.803. The Labute approximate surface area is 154 Å². The summed E-state index contributed by atoms with van der Waals surface area (Å²) in [6.45, 7) is 5.06. The third-order valence-corrected chi connectivity index (χ3v) is 7.57. The van der Waals surface area contributed by atoms with Crippen LogP contribution < -0.4 is 0 Å². The Morgan fingerprint density at radius 3 is 2.77 bits per heavy atom. The van der Waals surface area contributed by atoms with E-state index in [4.69, 9.17) is 4.52 Å². The van der Waals surface area contributed by atoms with Gasteiger partial charge in [0.05, 0.1) is 11.2 Å². The van der Waals surface area contributed by atoms with E-state index in [1.807, 2.05) is 44.2 Å². The van der Waals surface area contributed by atoms with Crippen LogP contribution in [0.2, 0.25) is 0 Å². The molecule has 0 amide bonds. The van der Waals surface area contributed by atoms with Gasteiger partial charge in [-0.05, 0) is 24.3 Å². The molecule has 26 heavy (non-hydrogen) atoms. The third-order valence-electron chi connectivity index (χ3n) is 5.81. The fraction of sp³-hybridized carbons (Fsp3) is 0.579. The molecule has 1 aromatic carbocycles. The van der Waals surface area contributed by atoms with Crippen molar-refractivity contribution in [2.24, 2.45) is 5.92 Å². The van der Waals surface area contributed by atoms with E-state index in [9.17, 15) is 8.42 Å². The first-order chi connectivity index (χ1) is 12.4. The van der Waals surface area contributed by atoms with E-state index >= 15 is 0 Å². The molecule has 0 N–H and O–H groups in total. The lowest BCUT2D eigenvalue weighted by Crippen LogP contribution is -2.36. The maximum absolute atomic E-state index is 13.0. The van der Waals surface area contributed by atoms with E-state index < -0.39 is 10.0 Å². The van der Waals surface area contributed by atoms with E-state index in [1.165, 1.54) is 0 Å². The van der Waals surface area contributed by atoms with Crippen molar-refractivity contribution in [2.75, 3.05) is 13.1 Å². The molecule has 0 radical (unpaired) electrons. The van der Waals surface area contributed by atoms with E-state index in [0.29, 0.717) is 24.8 Å². The third kappa shape index (κ3) is 2.97. The molecule has 1 aliphatic heterocycles. The van der Waals surface area contributed by atoms with Crippen LogP contribution >= 0.6 is 0 Å². The van der Waals surface area contributed by atoms with E-state index in [-0.39, 0.29) is 23.0 Å². The molecule has 7 heteroatoms. The first-order valence-corrected chi connectivity index (χ1v) is 10.9. The van der Waals surface area contributed by atoms with Crippen LogP contribution in [0.25, 0.3) is 0 Å². The molecule has 2 fully saturated rings. The molecule has 1 aliphatic carbocycles. The van der Waals surface area contributed by atoms with Crippen molar-refractivity contribution in [2.45, 2.75) is 50.2 Å². The number of hydrogen-bond donors (Lipinski definition) is 0. The van der Waals surface area contributed by atoms with Crippen LogP contribution in [-0.4, -0.2) is 36.0 Å². The summed E-state index contributed by atoms with van der Waals surface area (Å²) in [6.07, 6.45) is 3.03. The van der Waals surface area contributed by atoms with Crippen LogP contribution in [-0.2, 0) is 21.2 Å². The SMILES string of the molecule is CC(C)c1nc([C@@]23CCC[C@@H]2CN(S(=O)(=O)Cc2ccccc2)C3)no1. The van der Waals surface area contributed by atoms with Crippen LogP contribution in [0, 0.1) is 5.92 Å². The van der Waals surface area contributed by atoms with Gasteiger partial charge in [0.2, 0.25) is 15.9 Å². The average molecular weight is 375 g/mol. The zero-order chi connectivity index (χ0) is 18.4. The molecule has 0 spiro atoms. The minimum Gasteiger partial charge on any atom is -0.339 e. The minimum atomic E-state index is -3.36. The van der Waals surface area contributed by atoms with Crippen LogP contribution in [0.1, 0.15) is 56.3 Å². The highest BCUT2D eigenvalue weighted by Crippen LogP contribution is 2.50. The predicted molar refractivity (Wildman–Crippen MR) is 98.0 cm³/mol. The van der Waals surface area contributed by atoms with Crippen molar-refractivity contribution >= 4 is 10.0 Å². The number of sulfonamides is 1. The number of nitrogens with zero attached hydrogens (tertiary/aromatic N) is 3. The van der Waals surface area contributed by atoms with Crippen molar-refractivity contribution < 1.29 is 12.9 Å². The Morgan fingerprint density at radius 2 is 2.08 bits per heavy atom. The second-order valence-electron chi connectivity index (χ2n) is 7.89. The van der Waals surface area contributed by atoms with Gasteiger partial charge in [-0.25, -0.2) is 12.7 Å². The summed E-state index contributed by atoms with van der Waals surface area (Å²) >= 11 is 0. The Balaban J connectivity index is 1.60. The molecule has 2 atom stereocenters. The molecule has 140 valence electrons. The van der Waals surface area contributed by atoms with Crippen LogP contribution in [0.3, 0.4) is 0 Å². The normalized spacial score (nSPS) is 26.5. The molecule has 2 aliphatic rings. The number of aromatic nitrogens is 2. The smallest absolute Gasteiger partial charge is 0.229 e. The van der Waals surface area contributed by atoms with Gasteiger partial charge in [-0.15, -0.1) is 0 Å². The van der Waals surface area contributed by atoms with E-state index in [0.717, 1.165) is 24.8 Å². The van der Waals surface area contributed by atoms with Gasteiger partial charge in [0.25, 0.3) is 0 Å². The lowest BCUT2D eigenvalue weighted by Gasteiger charge is -2.24. The lowest BCUT2D eigenvalue weighted by molar-refractivity contribution is 0.324. The second-order valence-corrected chi connectivity index (χ2v) is 9.86. The van der Waals surface area contributed by atoms with Gasteiger partial charge in [-0.3, -0.25) is 0 Å². The molecule has 6 nitrogen and oxygen atoms in total. The Kier molecular flexibility index (Phi) is 4.39. The molecule has 1 saturated heterocycles. The maximum Gasteiger partial charge on any atom is 0.229 e. The average Bonchev–Trinajstić information content (AvgIpc) is 3.29. The maximum atomic E-state index is 13.0. The summed E-state index contributed by atoms with van der Waals surface area (Å²) in [6, 6.07) is 9.36. The van der Waals surface area contributed by atoms with Gasteiger partial charge in [0.1, 0.15) is 0 Å². The number of benzene rings is 1. The van der Waals surface area contributed by atoms with Crippen molar-refractivity contribution in [3.05, 3.63) is 47.6 Å². The molecule has 4 rings (SSSR count). The Morgan fingerprint density at radius 1 is 1.31 bits per heavy atom. The first kappa shape index (κ1) is 17.7. The zero-order valence-corrected chi connectivity index (χ0v) is 16.1. The minimum absolute atomic E-state index is 0.0418. The topological polar surface area (TPSA) is 76.3 Å². The molecular formula is C19H25N3O3S. The van der Waals surface area contributed by atoms with Crippen molar-refractivity contribution in [1.82, 2.24) is 14.4 Å². The molecule has 0 unspecified atom stereocenters. The largest absolute Gasteiger partial charge is 0.339 e. The Bertz CT molecular complexity index is 878. The number of fused-ring (bicyclic) bond motifs is 1. The summed E-state index contributed by atoms with van der Waals surface area (Å²) in [5.74, 6) is 1.81. The summed E-state index contributed by atoms with van der Waals surface area (Å²) in [5.41, 5.74) is 0.528. The highest BCUT2D eigenvalue weighted by molar-refractivity contribution is 7.88. The van der Waals surface area contributed by atoms with Gasteiger partial charge in [0.15, 0.2) is 5.82 Å².